The summed E-state index contributed by atoms with van der Waals surface area (Å²) in [6.45, 7) is 0.337. The summed E-state index contributed by atoms with van der Waals surface area (Å²) in [6.07, 6.45) is 0.273. The Hall–Kier alpha value is -3.08. The van der Waals surface area contributed by atoms with Gasteiger partial charge < -0.3 is 9.15 Å². The molecule has 1 unspecified atom stereocenters. The third kappa shape index (κ3) is 2.78. The van der Waals surface area contributed by atoms with E-state index in [0.29, 0.717) is 12.1 Å². The van der Waals surface area contributed by atoms with E-state index in [-0.39, 0.29) is 24.2 Å². The lowest BCUT2D eigenvalue weighted by Gasteiger charge is -2.14. The number of likely N-dealkylation sites (tertiary alicyclic amines) is 1. The van der Waals surface area contributed by atoms with Gasteiger partial charge in [-0.25, -0.2) is 0 Å². The van der Waals surface area contributed by atoms with E-state index in [1.54, 1.807) is 31.4 Å². The molecule has 0 spiro atoms. The zero-order valence-corrected chi connectivity index (χ0v) is 13.8. The smallest absolute Gasteiger partial charge is 0.260 e. The van der Waals surface area contributed by atoms with Gasteiger partial charge in [0.15, 0.2) is 0 Å². The summed E-state index contributed by atoms with van der Waals surface area (Å²) in [6, 6.07) is 16.4. The zero-order chi connectivity index (χ0) is 17.4. The van der Waals surface area contributed by atoms with E-state index in [9.17, 15) is 9.59 Å². The van der Waals surface area contributed by atoms with Crippen LogP contribution >= 0.6 is 0 Å². The molecule has 1 aliphatic rings. The van der Waals surface area contributed by atoms with Gasteiger partial charge in [-0.15, -0.1) is 0 Å². The molecule has 126 valence electrons. The molecule has 0 bridgehead atoms. The predicted molar refractivity (Wildman–Crippen MR) is 92.6 cm³/mol. The van der Waals surface area contributed by atoms with E-state index < -0.39 is 0 Å². The van der Waals surface area contributed by atoms with Crippen LogP contribution < -0.4 is 4.74 Å². The van der Waals surface area contributed by atoms with Crippen molar-refractivity contribution in [2.45, 2.75) is 12.3 Å². The Morgan fingerprint density at radius 1 is 1.16 bits per heavy atom. The van der Waals surface area contributed by atoms with Gasteiger partial charge in [-0.05, 0) is 36.4 Å². The van der Waals surface area contributed by atoms with Gasteiger partial charge in [-0.3, -0.25) is 14.5 Å². The first kappa shape index (κ1) is 15.4. The molecule has 5 heteroatoms. The number of imide groups is 1. The standard InChI is InChI=1S/C20H17NO4/c1-24-16-7-8-17-14(9-16)10-18(25-17)15-11-19(22)21(12-15)20(23)13-5-3-2-4-6-13/h2-10,15H,11-12H2,1H3. The topological polar surface area (TPSA) is 59.8 Å². The van der Waals surface area contributed by atoms with Gasteiger partial charge in [-0.2, -0.15) is 0 Å². The molecule has 1 aliphatic heterocycles. The maximum absolute atomic E-state index is 12.5. The molecule has 0 aliphatic carbocycles. The lowest BCUT2D eigenvalue weighted by molar-refractivity contribution is -0.125. The SMILES string of the molecule is COc1ccc2oc(C3CC(=O)N(C(=O)c4ccccc4)C3)cc2c1. The first-order valence-corrected chi connectivity index (χ1v) is 8.13. The molecule has 1 fully saturated rings. The number of nitrogens with zero attached hydrogens (tertiary/aromatic N) is 1. The van der Waals surface area contributed by atoms with E-state index in [1.165, 1.54) is 4.90 Å². The van der Waals surface area contributed by atoms with Crippen LogP contribution in [0.25, 0.3) is 11.0 Å². The summed E-state index contributed by atoms with van der Waals surface area (Å²) in [5, 5.41) is 0.926. The zero-order valence-electron chi connectivity index (χ0n) is 13.8. The van der Waals surface area contributed by atoms with Gasteiger partial charge in [0.25, 0.3) is 5.91 Å². The summed E-state index contributed by atoms with van der Waals surface area (Å²) < 4.78 is 11.1. The largest absolute Gasteiger partial charge is 0.497 e. The number of hydrogen-bond donors (Lipinski definition) is 0. The Morgan fingerprint density at radius 3 is 2.72 bits per heavy atom. The molecule has 2 aromatic carbocycles. The summed E-state index contributed by atoms with van der Waals surface area (Å²) in [5.74, 6) is 0.921. The molecule has 25 heavy (non-hydrogen) atoms. The highest BCUT2D eigenvalue weighted by Crippen LogP contribution is 2.34. The van der Waals surface area contributed by atoms with Gasteiger partial charge >= 0.3 is 0 Å². The van der Waals surface area contributed by atoms with E-state index in [2.05, 4.69) is 0 Å². The minimum absolute atomic E-state index is 0.126. The number of carbonyl (C=O) groups excluding carboxylic acids is 2. The molecule has 2 heterocycles. The van der Waals surface area contributed by atoms with E-state index in [4.69, 9.17) is 9.15 Å². The third-order valence-corrected chi connectivity index (χ3v) is 4.54. The van der Waals surface area contributed by atoms with Gasteiger partial charge in [0.05, 0.1) is 7.11 Å². The number of carbonyl (C=O) groups is 2. The molecule has 1 saturated heterocycles. The van der Waals surface area contributed by atoms with Crippen molar-refractivity contribution in [2.75, 3.05) is 13.7 Å². The van der Waals surface area contributed by atoms with Crippen molar-refractivity contribution in [1.29, 1.82) is 0 Å². The fourth-order valence-electron chi connectivity index (χ4n) is 3.20. The molecule has 1 atom stereocenters. The predicted octanol–water partition coefficient (Wildman–Crippen LogP) is 3.60. The van der Waals surface area contributed by atoms with Gasteiger partial charge in [0.1, 0.15) is 17.1 Å². The van der Waals surface area contributed by atoms with Gasteiger partial charge in [0, 0.05) is 29.8 Å². The van der Waals surface area contributed by atoms with Crippen molar-refractivity contribution < 1.29 is 18.7 Å². The summed E-state index contributed by atoms with van der Waals surface area (Å²) >= 11 is 0. The molecule has 0 N–H and O–H groups in total. The maximum atomic E-state index is 12.5. The van der Waals surface area contributed by atoms with E-state index in [0.717, 1.165) is 22.5 Å². The van der Waals surface area contributed by atoms with Gasteiger partial charge in [0.2, 0.25) is 5.91 Å². The van der Waals surface area contributed by atoms with Crippen LogP contribution in [0.3, 0.4) is 0 Å². The highest BCUT2D eigenvalue weighted by molar-refractivity contribution is 6.06. The lowest BCUT2D eigenvalue weighted by Crippen LogP contribution is -2.32. The van der Waals surface area contributed by atoms with Crippen molar-refractivity contribution in [1.82, 2.24) is 4.90 Å². The average Bonchev–Trinajstić information content (AvgIpc) is 3.24. The van der Waals surface area contributed by atoms with E-state index >= 15 is 0 Å². The monoisotopic (exact) mass is 335 g/mol. The quantitative estimate of drug-likeness (QED) is 0.686. The van der Waals surface area contributed by atoms with Crippen LogP contribution in [-0.4, -0.2) is 30.4 Å². The van der Waals surface area contributed by atoms with Crippen molar-refractivity contribution in [3.63, 3.8) is 0 Å². The average molecular weight is 335 g/mol. The molecular weight excluding hydrogens is 318 g/mol. The summed E-state index contributed by atoms with van der Waals surface area (Å²) in [5.41, 5.74) is 1.27. The maximum Gasteiger partial charge on any atom is 0.260 e. The molecule has 0 saturated carbocycles. The number of rotatable bonds is 3. The third-order valence-electron chi connectivity index (χ3n) is 4.54. The molecule has 3 aromatic rings. The summed E-state index contributed by atoms with van der Waals surface area (Å²) in [7, 11) is 1.62. The second-order valence-electron chi connectivity index (χ2n) is 6.13. The first-order chi connectivity index (χ1) is 12.2. The number of amides is 2. The molecular formula is C20H17NO4. The van der Waals surface area contributed by atoms with Crippen molar-refractivity contribution in [2.24, 2.45) is 0 Å². The van der Waals surface area contributed by atoms with Crippen LogP contribution in [0.4, 0.5) is 0 Å². The van der Waals surface area contributed by atoms with Crippen LogP contribution in [0.2, 0.25) is 0 Å². The van der Waals surface area contributed by atoms with Gasteiger partial charge in [-0.1, -0.05) is 18.2 Å². The number of benzene rings is 2. The second kappa shape index (κ2) is 6.09. The highest BCUT2D eigenvalue weighted by atomic mass is 16.5. The normalized spacial score (nSPS) is 17.2. The number of hydrogen-bond acceptors (Lipinski definition) is 4. The Labute approximate surface area is 144 Å². The molecule has 4 rings (SSSR count). The number of methoxy groups -OCH3 is 1. The lowest BCUT2D eigenvalue weighted by atomic mass is 10.1. The highest BCUT2D eigenvalue weighted by Gasteiger charge is 2.36. The van der Waals surface area contributed by atoms with Crippen molar-refractivity contribution in [3.8, 4) is 5.75 Å². The Bertz CT molecular complexity index is 945. The Kier molecular flexibility index (Phi) is 3.76. The van der Waals surface area contributed by atoms with Crippen LogP contribution in [0.5, 0.6) is 5.75 Å². The fourth-order valence-corrected chi connectivity index (χ4v) is 3.20. The Balaban J connectivity index is 1.59. The summed E-state index contributed by atoms with van der Waals surface area (Å²) in [4.78, 5) is 26.2. The molecule has 2 amide bonds. The fraction of sp³-hybridized carbons (Fsp3) is 0.200. The van der Waals surface area contributed by atoms with Crippen molar-refractivity contribution in [3.05, 3.63) is 65.9 Å². The number of fused-ring (bicyclic) bond motifs is 1. The van der Waals surface area contributed by atoms with E-state index in [1.807, 2.05) is 30.3 Å². The van der Waals surface area contributed by atoms with Crippen LogP contribution in [0.1, 0.15) is 28.5 Å². The molecule has 5 nitrogen and oxygen atoms in total. The first-order valence-electron chi connectivity index (χ1n) is 8.13. The van der Waals surface area contributed by atoms with Crippen molar-refractivity contribution >= 4 is 22.8 Å². The number of ether oxygens (including phenoxy) is 1. The van der Waals surface area contributed by atoms with Crippen LogP contribution in [-0.2, 0) is 4.79 Å². The minimum atomic E-state index is -0.258. The van der Waals surface area contributed by atoms with Crippen LogP contribution in [0, 0.1) is 0 Å². The minimum Gasteiger partial charge on any atom is -0.497 e. The molecule has 0 radical (unpaired) electrons. The second-order valence-corrected chi connectivity index (χ2v) is 6.13. The Morgan fingerprint density at radius 2 is 1.96 bits per heavy atom. The van der Waals surface area contributed by atoms with Crippen LogP contribution in [0.15, 0.2) is 59.0 Å². The molecule has 1 aromatic heterocycles. The number of furan rings is 1.